The van der Waals surface area contributed by atoms with Gasteiger partial charge in [0.05, 0.1) is 24.4 Å². The Balaban J connectivity index is 1.58. The predicted octanol–water partition coefficient (Wildman–Crippen LogP) is 5.97. The second-order valence-electron chi connectivity index (χ2n) is 10.2. The number of ether oxygens (including phenoxy) is 2. The molecule has 6 nitrogen and oxygen atoms in total. The fourth-order valence-electron chi connectivity index (χ4n) is 4.93. The van der Waals surface area contributed by atoms with Gasteiger partial charge in [0.2, 0.25) is 0 Å². The van der Waals surface area contributed by atoms with Crippen LogP contribution in [0.4, 0.5) is 18.9 Å². The molecule has 1 atom stereocenters. The number of hydrogen-bond donors (Lipinski definition) is 1. The van der Waals surface area contributed by atoms with Crippen molar-refractivity contribution in [3.63, 3.8) is 0 Å². The van der Waals surface area contributed by atoms with Crippen molar-refractivity contribution in [2.45, 2.75) is 50.9 Å². The number of aromatic nitrogens is 1. The molecule has 2 aliphatic rings. The minimum Gasteiger partial charge on any atom is -0.483 e. The van der Waals surface area contributed by atoms with E-state index in [2.05, 4.69) is 0 Å². The van der Waals surface area contributed by atoms with Crippen molar-refractivity contribution in [2.24, 2.45) is 0 Å². The van der Waals surface area contributed by atoms with Crippen molar-refractivity contribution in [3.8, 4) is 17.0 Å². The van der Waals surface area contributed by atoms with Crippen LogP contribution >= 0.6 is 0 Å². The van der Waals surface area contributed by atoms with Gasteiger partial charge in [-0.2, -0.15) is 13.2 Å². The molecular weight excluding hydrogens is 497 g/mol. The fourth-order valence-corrected chi connectivity index (χ4v) is 4.93. The molecule has 1 N–H and O–H groups in total. The van der Waals surface area contributed by atoms with Crippen LogP contribution in [-0.2, 0) is 16.9 Å². The van der Waals surface area contributed by atoms with Gasteiger partial charge in [-0.15, -0.1) is 0 Å². The molecule has 1 amide bonds. The molecule has 0 bridgehead atoms. The normalized spacial score (nSPS) is 18.0. The number of pyridine rings is 1. The van der Waals surface area contributed by atoms with Crippen LogP contribution in [-0.4, -0.2) is 42.0 Å². The zero-order valence-corrected chi connectivity index (χ0v) is 21.2. The highest BCUT2D eigenvalue weighted by molar-refractivity contribution is 6.11. The third-order valence-corrected chi connectivity index (χ3v) is 6.93. The maximum atomic E-state index is 13.7. The van der Waals surface area contributed by atoms with Crippen LogP contribution < -0.4 is 9.64 Å². The van der Waals surface area contributed by atoms with E-state index in [1.807, 2.05) is 0 Å². The average Bonchev–Trinajstić information content (AvgIpc) is 3.23. The molecule has 0 aliphatic carbocycles. The van der Waals surface area contributed by atoms with E-state index >= 15 is 0 Å². The summed E-state index contributed by atoms with van der Waals surface area (Å²) in [4.78, 5) is 20.2. The Bertz CT molecular complexity index is 1330. The van der Waals surface area contributed by atoms with Gasteiger partial charge in [0.1, 0.15) is 5.75 Å². The van der Waals surface area contributed by atoms with Gasteiger partial charge < -0.3 is 19.5 Å². The number of halogens is 3. The first-order valence-electron chi connectivity index (χ1n) is 12.6. The van der Waals surface area contributed by atoms with Gasteiger partial charge >= 0.3 is 6.18 Å². The highest BCUT2D eigenvalue weighted by atomic mass is 19.4. The van der Waals surface area contributed by atoms with Crippen LogP contribution in [0.15, 0.2) is 54.6 Å². The molecule has 0 radical (unpaired) electrons. The number of para-hydroxylation sites is 1. The minimum absolute atomic E-state index is 0.0241. The quantitative estimate of drug-likeness (QED) is 0.429. The Morgan fingerprint density at radius 3 is 2.50 bits per heavy atom. The topological polar surface area (TPSA) is 71.9 Å². The molecule has 3 heterocycles. The predicted molar refractivity (Wildman–Crippen MR) is 136 cm³/mol. The van der Waals surface area contributed by atoms with Gasteiger partial charge in [-0.25, -0.2) is 0 Å². The highest BCUT2D eigenvalue weighted by Crippen LogP contribution is 2.40. The molecular formula is C29H29F3N2O4. The van der Waals surface area contributed by atoms with Crippen molar-refractivity contribution in [1.82, 2.24) is 4.98 Å². The van der Waals surface area contributed by atoms with Crippen molar-refractivity contribution in [3.05, 3.63) is 77.0 Å². The number of amides is 1. The van der Waals surface area contributed by atoms with E-state index in [0.29, 0.717) is 52.5 Å². The first-order chi connectivity index (χ1) is 18.0. The largest absolute Gasteiger partial charge is 0.483 e. The van der Waals surface area contributed by atoms with E-state index in [0.717, 1.165) is 12.8 Å². The molecule has 200 valence electrons. The summed E-state index contributed by atoms with van der Waals surface area (Å²) in [6, 6.07) is 15.4. The third kappa shape index (κ3) is 5.39. The standard InChI is InChI=1S/C29H29F3N2O4/c1-28(2,36)19-9-11-20(12-10-19)34-15-23-22(27(34)35)14-24(18-6-5-13-37-16-18)33-26(23)21-7-3-4-8-25(21)38-17-29(30,31)32/h3-4,7-12,14,18,36H,5-6,13,15-17H2,1-2H3/t18-/m0/s1. The van der Waals surface area contributed by atoms with E-state index in [4.69, 9.17) is 14.5 Å². The molecule has 3 aromatic rings. The van der Waals surface area contributed by atoms with Crippen LogP contribution in [0.3, 0.4) is 0 Å². The molecule has 2 aromatic carbocycles. The summed E-state index contributed by atoms with van der Waals surface area (Å²) < 4.78 is 49.7. The average molecular weight is 527 g/mol. The lowest BCUT2D eigenvalue weighted by atomic mass is 9.94. The smallest absolute Gasteiger partial charge is 0.422 e. The van der Waals surface area contributed by atoms with Crippen molar-refractivity contribution >= 4 is 11.6 Å². The van der Waals surface area contributed by atoms with Crippen molar-refractivity contribution < 1.29 is 32.5 Å². The molecule has 5 rings (SSSR count). The maximum absolute atomic E-state index is 13.7. The summed E-state index contributed by atoms with van der Waals surface area (Å²) in [5.74, 6) is -0.188. The van der Waals surface area contributed by atoms with Crippen molar-refractivity contribution in [1.29, 1.82) is 0 Å². The van der Waals surface area contributed by atoms with Crippen LogP contribution in [0.25, 0.3) is 11.3 Å². The molecule has 0 spiro atoms. The number of benzene rings is 2. The Labute approximate surface area is 219 Å². The number of aliphatic hydroxyl groups is 1. The van der Waals surface area contributed by atoms with Gasteiger partial charge in [-0.1, -0.05) is 24.3 Å². The molecule has 1 aromatic heterocycles. The summed E-state index contributed by atoms with van der Waals surface area (Å²) in [6.07, 6.45) is -2.79. The lowest BCUT2D eigenvalue weighted by Crippen LogP contribution is -2.23. The van der Waals surface area contributed by atoms with E-state index < -0.39 is 18.4 Å². The lowest BCUT2D eigenvalue weighted by molar-refractivity contribution is -0.153. The Hall–Kier alpha value is -3.43. The van der Waals surface area contributed by atoms with E-state index in [1.165, 1.54) is 6.07 Å². The van der Waals surface area contributed by atoms with Gasteiger partial charge in [-0.05, 0) is 62.6 Å². The summed E-state index contributed by atoms with van der Waals surface area (Å²) in [6.45, 7) is 3.27. The first kappa shape index (κ1) is 26.2. The number of hydrogen-bond acceptors (Lipinski definition) is 5. The third-order valence-electron chi connectivity index (χ3n) is 6.93. The fraction of sp³-hybridized carbons (Fsp3) is 0.379. The number of alkyl halides is 3. The Morgan fingerprint density at radius 1 is 1.11 bits per heavy atom. The Morgan fingerprint density at radius 2 is 1.84 bits per heavy atom. The monoisotopic (exact) mass is 526 g/mol. The highest BCUT2D eigenvalue weighted by Gasteiger charge is 2.35. The summed E-state index contributed by atoms with van der Waals surface area (Å²) in [7, 11) is 0. The molecule has 0 unspecified atom stereocenters. The number of rotatable bonds is 6. The second-order valence-corrected chi connectivity index (χ2v) is 10.2. The van der Waals surface area contributed by atoms with Gasteiger partial charge in [-0.3, -0.25) is 9.78 Å². The van der Waals surface area contributed by atoms with Crippen LogP contribution in [0.1, 0.15) is 59.8 Å². The summed E-state index contributed by atoms with van der Waals surface area (Å²) in [5, 5.41) is 10.3. The summed E-state index contributed by atoms with van der Waals surface area (Å²) >= 11 is 0. The van der Waals surface area contributed by atoms with Gasteiger partial charge in [0, 0.05) is 40.6 Å². The number of carbonyl (C=O) groups excluding carboxylic acids is 1. The maximum Gasteiger partial charge on any atom is 0.422 e. The van der Waals surface area contributed by atoms with Crippen LogP contribution in [0, 0.1) is 0 Å². The van der Waals surface area contributed by atoms with Crippen LogP contribution in [0.5, 0.6) is 5.75 Å². The SMILES string of the molecule is CC(C)(O)c1ccc(N2Cc3c(cc([C@H]4CCCOC4)nc3-c3ccccc3OCC(F)(F)F)C2=O)cc1. The molecule has 9 heteroatoms. The van der Waals surface area contributed by atoms with Gasteiger partial charge in [0.15, 0.2) is 6.61 Å². The number of nitrogens with zero attached hydrogens (tertiary/aromatic N) is 2. The molecule has 38 heavy (non-hydrogen) atoms. The number of anilines is 1. The van der Waals surface area contributed by atoms with E-state index in [1.54, 1.807) is 67.3 Å². The first-order valence-corrected chi connectivity index (χ1v) is 12.6. The zero-order valence-electron chi connectivity index (χ0n) is 21.2. The number of fused-ring (bicyclic) bond motifs is 1. The molecule has 0 saturated carbocycles. The number of carbonyl (C=O) groups is 1. The Kier molecular flexibility index (Phi) is 6.92. The zero-order chi connectivity index (χ0) is 27.1. The molecule has 1 saturated heterocycles. The molecule has 2 aliphatic heterocycles. The van der Waals surface area contributed by atoms with Gasteiger partial charge in [0.25, 0.3) is 5.91 Å². The lowest BCUT2D eigenvalue weighted by Gasteiger charge is -2.23. The van der Waals surface area contributed by atoms with E-state index in [9.17, 15) is 23.1 Å². The van der Waals surface area contributed by atoms with Crippen molar-refractivity contribution in [2.75, 3.05) is 24.7 Å². The molecule has 1 fully saturated rings. The summed E-state index contributed by atoms with van der Waals surface area (Å²) in [5.41, 5.74) is 2.94. The van der Waals surface area contributed by atoms with Crippen LogP contribution in [0.2, 0.25) is 0 Å². The minimum atomic E-state index is -4.49. The second kappa shape index (κ2) is 10.0. The van der Waals surface area contributed by atoms with E-state index in [-0.39, 0.29) is 24.1 Å².